The van der Waals surface area contributed by atoms with E-state index in [0.29, 0.717) is 0 Å². The van der Waals surface area contributed by atoms with Crippen molar-refractivity contribution < 1.29 is 4.74 Å². The second kappa shape index (κ2) is 3.84. The molecule has 1 rings (SSSR count). The van der Waals surface area contributed by atoms with Gasteiger partial charge in [-0.15, -0.1) is 0 Å². The van der Waals surface area contributed by atoms with E-state index in [2.05, 4.69) is 12.2 Å². The van der Waals surface area contributed by atoms with E-state index in [9.17, 15) is 0 Å². The fraction of sp³-hybridized carbons (Fsp3) is 0.200. The third kappa shape index (κ3) is 2.02. The predicted molar refractivity (Wildman–Crippen MR) is 55.3 cm³/mol. The molecule has 0 aromatic rings. The van der Waals surface area contributed by atoms with E-state index in [1.165, 1.54) is 3.69 Å². The molecule has 1 heterocycles. The standard InChI is InChI=1S/C5H6I2O/c1-8-5-4-6-2-3-7-5/h2-4H,1H3. The number of hydrogen-bond donors (Lipinski definition) is 0. The lowest BCUT2D eigenvalue weighted by Gasteiger charge is -1.94. The first kappa shape index (κ1) is 7.01. The topological polar surface area (TPSA) is 9.23 Å². The lowest BCUT2D eigenvalue weighted by atomic mass is 10.9. The zero-order chi connectivity index (χ0) is 5.82. The summed E-state index contributed by atoms with van der Waals surface area (Å²) in [6.45, 7) is 0. The van der Waals surface area contributed by atoms with Crippen molar-refractivity contribution in [3.63, 3.8) is 0 Å². The van der Waals surface area contributed by atoms with E-state index in [1.807, 2.05) is 0 Å². The molecule has 0 N–H and O–H groups in total. The smallest absolute Gasteiger partial charge is 0.112 e. The summed E-state index contributed by atoms with van der Waals surface area (Å²) in [7, 11) is 1.76. The maximum atomic E-state index is 5.08. The normalized spacial score (nSPS) is 18.4. The van der Waals surface area contributed by atoms with Crippen LogP contribution in [0, 0.1) is 0 Å². The van der Waals surface area contributed by atoms with Gasteiger partial charge >= 0.3 is 0 Å². The van der Waals surface area contributed by atoms with Crippen molar-refractivity contribution in [3.05, 3.63) is 8.17 Å². The fourth-order valence-electron chi connectivity index (χ4n) is 0.312. The van der Waals surface area contributed by atoms with Crippen LogP contribution < -0.4 is 0 Å². The van der Waals surface area contributed by atoms with Crippen molar-refractivity contribution in [1.82, 2.24) is 0 Å². The first-order valence-electron chi connectivity index (χ1n) is 2.08. The quantitative estimate of drug-likeness (QED) is 0.666. The third-order valence-electron chi connectivity index (χ3n) is 0.635. The van der Waals surface area contributed by atoms with E-state index in [0.717, 1.165) is 0 Å². The number of methoxy groups -OCH3 is 1. The van der Waals surface area contributed by atoms with E-state index in [1.54, 1.807) is 7.11 Å². The van der Waals surface area contributed by atoms with Gasteiger partial charge in [0.05, 0.1) is 0 Å². The van der Waals surface area contributed by atoms with Crippen LogP contribution in [0.3, 0.4) is 0 Å². The van der Waals surface area contributed by atoms with Crippen LogP contribution in [0.25, 0.3) is 0 Å². The SMILES string of the molecule is COC1=IC=CI=C1. The van der Waals surface area contributed by atoms with Gasteiger partial charge in [0.1, 0.15) is 3.69 Å². The van der Waals surface area contributed by atoms with E-state index in [4.69, 9.17) is 4.74 Å². The van der Waals surface area contributed by atoms with Crippen LogP contribution in [0.1, 0.15) is 0 Å². The maximum absolute atomic E-state index is 5.08. The van der Waals surface area contributed by atoms with Crippen molar-refractivity contribution in [2.45, 2.75) is 0 Å². The van der Waals surface area contributed by atoms with E-state index >= 15 is 0 Å². The van der Waals surface area contributed by atoms with Crippen molar-refractivity contribution in [2.24, 2.45) is 0 Å². The molecule has 0 bridgehead atoms. The van der Waals surface area contributed by atoms with Gasteiger partial charge in [-0.2, -0.15) is 0 Å². The fourth-order valence-corrected chi connectivity index (χ4v) is 5.88. The second-order valence-corrected chi connectivity index (χ2v) is 5.57. The van der Waals surface area contributed by atoms with Gasteiger partial charge < -0.3 is 4.74 Å². The van der Waals surface area contributed by atoms with Crippen LogP contribution in [0.5, 0.6) is 0 Å². The van der Waals surface area contributed by atoms with Crippen LogP contribution in [0.2, 0.25) is 0 Å². The Labute approximate surface area is 68.6 Å². The predicted octanol–water partition coefficient (Wildman–Crippen LogP) is 1.99. The summed E-state index contributed by atoms with van der Waals surface area (Å²) in [5.41, 5.74) is 0. The zero-order valence-corrected chi connectivity index (χ0v) is 8.71. The molecule has 0 amide bonds. The Balaban J connectivity index is 2.68. The first-order valence-corrected chi connectivity index (χ1v) is 6.89. The number of halogens is 2. The van der Waals surface area contributed by atoms with Gasteiger partial charge in [0.15, 0.2) is 0 Å². The van der Waals surface area contributed by atoms with Gasteiger partial charge in [0.2, 0.25) is 0 Å². The van der Waals surface area contributed by atoms with E-state index < -0.39 is 0 Å². The minimum Gasteiger partial charge on any atom is -0.343 e. The van der Waals surface area contributed by atoms with Crippen molar-refractivity contribution in [1.29, 1.82) is 0 Å². The summed E-state index contributed by atoms with van der Waals surface area (Å²) in [6.07, 6.45) is 0. The Hall–Kier alpha value is 0.900. The molecule has 0 aliphatic carbocycles. The number of rotatable bonds is 1. The lowest BCUT2D eigenvalue weighted by Crippen LogP contribution is -1.96. The molecule has 46 valence electrons. The molecule has 1 aliphatic rings. The highest BCUT2D eigenvalue weighted by molar-refractivity contribution is 14.2. The second-order valence-electron chi connectivity index (χ2n) is 1.10. The maximum Gasteiger partial charge on any atom is 0.112 e. The number of ether oxygens (including phenoxy) is 1. The molecule has 0 radical (unpaired) electrons. The Kier molecular flexibility index (Phi) is 3.36. The molecule has 0 atom stereocenters. The van der Waals surface area contributed by atoms with Crippen LogP contribution in [0.15, 0.2) is 8.17 Å². The summed E-state index contributed by atoms with van der Waals surface area (Å²) in [6, 6.07) is 0. The van der Waals surface area contributed by atoms with Gasteiger partial charge in [-0.3, -0.25) is 0 Å². The Morgan fingerprint density at radius 1 is 1.50 bits per heavy atom. The minimum absolute atomic E-state index is 0.135. The summed E-state index contributed by atoms with van der Waals surface area (Å²) in [5.74, 6) is 0. The monoisotopic (exact) mass is 336 g/mol. The molecular formula is C5H6I2O. The Bertz CT molecular complexity index is 158. The van der Waals surface area contributed by atoms with Gasteiger partial charge in [-0.1, -0.05) is 41.5 Å². The van der Waals surface area contributed by atoms with Crippen molar-refractivity contribution in [2.75, 3.05) is 7.11 Å². The Morgan fingerprint density at radius 3 is 2.75 bits per heavy atom. The van der Waals surface area contributed by atoms with Gasteiger partial charge in [0, 0.05) is 11.1 Å². The molecular weight excluding hydrogens is 330 g/mol. The van der Waals surface area contributed by atoms with Gasteiger partial charge in [-0.05, 0) is 8.17 Å². The molecule has 0 saturated carbocycles. The molecule has 0 spiro atoms. The zero-order valence-electron chi connectivity index (χ0n) is 4.40. The van der Waals surface area contributed by atoms with Crippen molar-refractivity contribution in [3.8, 4) is 0 Å². The molecule has 0 aromatic carbocycles. The molecule has 8 heavy (non-hydrogen) atoms. The Morgan fingerprint density at radius 2 is 2.38 bits per heavy atom. The van der Waals surface area contributed by atoms with Gasteiger partial charge in [0.25, 0.3) is 0 Å². The highest BCUT2D eigenvalue weighted by Crippen LogP contribution is 2.13. The average Bonchev–Trinajstić information content (AvgIpc) is 1.90. The molecule has 0 saturated heterocycles. The average molecular weight is 336 g/mol. The lowest BCUT2D eigenvalue weighted by molar-refractivity contribution is 0.425. The first-order chi connectivity index (χ1) is 3.93. The molecule has 1 nitrogen and oxygen atoms in total. The summed E-state index contributed by atoms with van der Waals surface area (Å²) in [5, 5.41) is 0. The summed E-state index contributed by atoms with van der Waals surface area (Å²) < 4.78 is 13.2. The van der Waals surface area contributed by atoms with Crippen molar-refractivity contribution >= 4 is 49.2 Å². The summed E-state index contributed by atoms with van der Waals surface area (Å²) in [4.78, 5) is 0. The minimum atomic E-state index is 0.135. The molecule has 0 aromatic heterocycles. The molecule has 0 fully saturated rings. The highest BCUT2D eigenvalue weighted by Gasteiger charge is 1.88. The summed E-state index contributed by atoms with van der Waals surface area (Å²) >= 11 is 0.363. The largest absolute Gasteiger partial charge is 0.343 e. The number of hydrogen-bond acceptors (Lipinski definition) is 1. The van der Waals surface area contributed by atoms with Crippen LogP contribution in [-0.4, -0.2) is 14.8 Å². The van der Waals surface area contributed by atoms with Crippen LogP contribution in [0.4, 0.5) is 0 Å². The van der Waals surface area contributed by atoms with Crippen LogP contribution in [-0.2, 0) is 4.74 Å². The molecule has 3 heteroatoms. The van der Waals surface area contributed by atoms with Crippen LogP contribution >= 0.6 is 41.5 Å². The molecule has 1 aliphatic heterocycles. The highest BCUT2D eigenvalue weighted by atomic mass is 127. The van der Waals surface area contributed by atoms with Gasteiger partial charge in [-0.25, -0.2) is 0 Å². The van der Waals surface area contributed by atoms with E-state index in [-0.39, 0.29) is 41.5 Å². The molecule has 0 unspecified atom stereocenters. The third-order valence-corrected chi connectivity index (χ3v) is 6.99.